The van der Waals surface area contributed by atoms with E-state index in [1.54, 1.807) is 0 Å². The zero-order valence-electron chi connectivity index (χ0n) is 10.9. The number of hydrogen-bond donors (Lipinski definition) is 1. The molecular formula is C15H19N3. The fraction of sp³-hybridized carbons (Fsp3) is 0.267. The predicted molar refractivity (Wildman–Crippen MR) is 77.2 cm³/mol. The Morgan fingerprint density at radius 1 is 1.11 bits per heavy atom. The first-order valence-corrected chi connectivity index (χ1v) is 6.17. The summed E-state index contributed by atoms with van der Waals surface area (Å²) in [5, 5.41) is 3.42. The molecule has 0 radical (unpaired) electrons. The molecule has 3 heteroatoms. The van der Waals surface area contributed by atoms with Crippen LogP contribution in [0.1, 0.15) is 5.69 Å². The molecule has 0 saturated carbocycles. The molecule has 0 saturated heterocycles. The van der Waals surface area contributed by atoms with E-state index in [0.717, 1.165) is 24.3 Å². The Bertz CT molecular complexity index is 480. The van der Waals surface area contributed by atoms with Gasteiger partial charge in [0.2, 0.25) is 0 Å². The van der Waals surface area contributed by atoms with Crippen LogP contribution in [0.3, 0.4) is 0 Å². The number of nitrogens with zero attached hydrogens (tertiary/aromatic N) is 2. The summed E-state index contributed by atoms with van der Waals surface area (Å²) < 4.78 is 0. The van der Waals surface area contributed by atoms with Crippen LogP contribution in [0.4, 0.5) is 11.4 Å². The maximum atomic E-state index is 4.31. The summed E-state index contributed by atoms with van der Waals surface area (Å²) in [7, 11) is 4.10. The molecule has 94 valence electrons. The van der Waals surface area contributed by atoms with E-state index in [-0.39, 0.29) is 0 Å². The lowest BCUT2D eigenvalue weighted by molar-refractivity contribution is 0.961. The lowest BCUT2D eigenvalue weighted by atomic mass is 10.2. The Kier molecular flexibility index (Phi) is 4.18. The van der Waals surface area contributed by atoms with Crippen molar-refractivity contribution >= 4 is 11.4 Å². The van der Waals surface area contributed by atoms with Gasteiger partial charge in [-0.1, -0.05) is 12.1 Å². The quantitative estimate of drug-likeness (QED) is 0.872. The third-order valence-corrected chi connectivity index (χ3v) is 2.80. The SMILES string of the molecule is CN(C)c1cccc(NCCc2ccccn2)c1. The van der Waals surface area contributed by atoms with E-state index in [1.165, 1.54) is 5.69 Å². The maximum absolute atomic E-state index is 4.31. The molecule has 0 unspecified atom stereocenters. The summed E-state index contributed by atoms with van der Waals surface area (Å²) in [5.74, 6) is 0. The van der Waals surface area contributed by atoms with E-state index in [1.807, 2.05) is 32.4 Å². The number of nitrogens with one attached hydrogen (secondary N) is 1. The Labute approximate surface area is 108 Å². The van der Waals surface area contributed by atoms with Crippen molar-refractivity contribution in [3.8, 4) is 0 Å². The number of anilines is 2. The third-order valence-electron chi connectivity index (χ3n) is 2.80. The lowest BCUT2D eigenvalue weighted by Gasteiger charge is -2.14. The van der Waals surface area contributed by atoms with Crippen LogP contribution in [0.25, 0.3) is 0 Å². The van der Waals surface area contributed by atoms with Gasteiger partial charge in [-0.05, 0) is 30.3 Å². The predicted octanol–water partition coefficient (Wildman–Crippen LogP) is 2.80. The van der Waals surface area contributed by atoms with E-state index in [2.05, 4.69) is 45.5 Å². The fourth-order valence-electron chi connectivity index (χ4n) is 1.77. The van der Waals surface area contributed by atoms with Gasteiger partial charge in [0, 0.05) is 50.3 Å². The number of rotatable bonds is 5. The molecule has 0 bridgehead atoms. The minimum Gasteiger partial charge on any atom is -0.385 e. The van der Waals surface area contributed by atoms with Crippen LogP contribution in [0, 0.1) is 0 Å². The largest absolute Gasteiger partial charge is 0.385 e. The van der Waals surface area contributed by atoms with Crippen molar-refractivity contribution in [1.29, 1.82) is 0 Å². The molecule has 1 N–H and O–H groups in total. The highest BCUT2D eigenvalue weighted by atomic mass is 15.1. The summed E-state index contributed by atoms with van der Waals surface area (Å²) in [6, 6.07) is 14.4. The first kappa shape index (κ1) is 12.4. The van der Waals surface area contributed by atoms with Gasteiger partial charge in [0.1, 0.15) is 0 Å². The number of pyridine rings is 1. The summed E-state index contributed by atoms with van der Waals surface area (Å²) in [5.41, 5.74) is 3.48. The molecule has 2 aromatic rings. The van der Waals surface area contributed by atoms with Crippen molar-refractivity contribution in [2.75, 3.05) is 30.9 Å². The van der Waals surface area contributed by atoms with Crippen LogP contribution in [-0.4, -0.2) is 25.6 Å². The molecule has 18 heavy (non-hydrogen) atoms. The highest BCUT2D eigenvalue weighted by Gasteiger charge is 1.98. The second-order valence-corrected chi connectivity index (χ2v) is 4.44. The number of benzene rings is 1. The minimum absolute atomic E-state index is 0.897. The summed E-state index contributed by atoms with van der Waals surface area (Å²) in [6.45, 7) is 0.897. The van der Waals surface area contributed by atoms with Crippen molar-refractivity contribution in [3.63, 3.8) is 0 Å². The van der Waals surface area contributed by atoms with Crippen LogP contribution in [0.15, 0.2) is 48.7 Å². The van der Waals surface area contributed by atoms with E-state index >= 15 is 0 Å². The molecule has 0 fully saturated rings. The van der Waals surface area contributed by atoms with Crippen molar-refractivity contribution in [3.05, 3.63) is 54.4 Å². The van der Waals surface area contributed by atoms with Crippen LogP contribution in [0.5, 0.6) is 0 Å². The second kappa shape index (κ2) is 6.05. The first-order valence-electron chi connectivity index (χ1n) is 6.17. The highest BCUT2D eigenvalue weighted by Crippen LogP contribution is 2.17. The summed E-state index contributed by atoms with van der Waals surface area (Å²) in [6.07, 6.45) is 2.77. The first-order chi connectivity index (χ1) is 8.75. The van der Waals surface area contributed by atoms with Crippen LogP contribution in [-0.2, 0) is 6.42 Å². The van der Waals surface area contributed by atoms with E-state index in [4.69, 9.17) is 0 Å². The summed E-state index contributed by atoms with van der Waals surface area (Å²) in [4.78, 5) is 6.41. The molecule has 0 aliphatic heterocycles. The Balaban J connectivity index is 1.89. The van der Waals surface area contributed by atoms with Gasteiger partial charge < -0.3 is 10.2 Å². The molecule has 0 amide bonds. The topological polar surface area (TPSA) is 28.2 Å². The molecule has 0 spiro atoms. The minimum atomic E-state index is 0.897. The number of hydrogen-bond acceptors (Lipinski definition) is 3. The van der Waals surface area contributed by atoms with Crippen molar-refractivity contribution in [1.82, 2.24) is 4.98 Å². The average molecular weight is 241 g/mol. The van der Waals surface area contributed by atoms with Crippen LogP contribution in [0.2, 0.25) is 0 Å². The van der Waals surface area contributed by atoms with Gasteiger partial charge in [0.15, 0.2) is 0 Å². The normalized spacial score (nSPS) is 10.1. The molecule has 1 heterocycles. The third kappa shape index (κ3) is 3.48. The molecule has 1 aromatic carbocycles. The standard InChI is InChI=1S/C15H19N3/c1-18(2)15-8-5-7-14(12-15)17-11-9-13-6-3-4-10-16-13/h3-8,10,12,17H,9,11H2,1-2H3. The Morgan fingerprint density at radius 3 is 2.72 bits per heavy atom. The van der Waals surface area contributed by atoms with E-state index in [0.29, 0.717) is 0 Å². The van der Waals surface area contributed by atoms with Gasteiger partial charge in [-0.25, -0.2) is 0 Å². The van der Waals surface area contributed by atoms with Crippen molar-refractivity contribution < 1.29 is 0 Å². The van der Waals surface area contributed by atoms with Gasteiger partial charge in [-0.2, -0.15) is 0 Å². The second-order valence-electron chi connectivity index (χ2n) is 4.44. The van der Waals surface area contributed by atoms with Gasteiger partial charge >= 0.3 is 0 Å². The van der Waals surface area contributed by atoms with Crippen LogP contribution >= 0.6 is 0 Å². The number of aromatic nitrogens is 1. The van der Waals surface area contributed by atoms with Crippen LogP contribution < -0.4 is 10.2 Å². The molecule has 0 atom stereocenters. The summed E-state index contributed by atoms with van der Waals surface area (Å²) >= 11 is 0. The van der Waals surface area contributed by atoms with Gasteiger partial charge in [-0.15, -0.1) is 0 Å². The Hall–Kier alpha value is -2.03. The molecular weight excluding hydrogens is 222 g/mol. The molecule has 1 aromatic heterocycles. The smallest absolute Gasteiger partial charge is 0.0421 e. The monoisotopic (exact) mass is 241 g/mol. The van der Waals surface area contributed by atoms with E-state index < -0.39 is 0 Å². The lowest BCUT2D eigenvalue weighted by Crippen LogP contribution is -2.10. The zero-order chi connectivity index (χ0) is 12.8. The fourth-order valence-corrected chi connectivity index (χ4v) is 1.77. The van der Waals surface area contributed by atoms with Gasteiger partial charge in [0.25, 0.3) is 0 Å². The molecule has 2 rings (SSSR count). The highest BCUT2D eigenvalue weighted by molar-refractivity contribution is 5.57. The van der Waals surface area contributed by atoms with Crippen molar-refractivity contribution in [2.24, 2.45) is 0 Å². The zero-order valence-corrected chi connectivity index (χ0v) is 10.9. The van der Waals surface area contributed by atoms with Gasteiger partial charge in [-0.3, -0.25) is 4.98 Å². The van der Waals surface area contributed by atoms with Gasteiger partial charge in [0.05, 0.1) is 0 Å². The van der Waals surface area contributed by atoms with E-state index in [9.17, 15) is 0 Å². The average Bonchev–Trinajstić information content (AvgIpc) is 2.40. The molecule has 3 nitrogen and oxygen atoms in total. The molecule has 0 aliphatic rings. The van der Waals surface area contributed by atoms with Crippen molar-refractivity contribution in [2.45, 2.75) is 6.42 Å². The maximum Gasteiger partial charge on any atom is 0.0421 e. The Morgan fingerprint density at radius 2 is 2.00 bits per heavy atom. The molecule has 0 aliphatic carbocycles.